The molecule has 3 heteroatoms. The SMILES string of the molecule is CC(C)(C)c1cccc(Oc2ccc(CO)cn2)c1. The van der Waals surface area contributed by atoms with Crippen molar-refractivity contribution in [3.8, 4) is 11.6 Å². The van der Waals surface area contributed by atoms with Crippen LogP contribution in [0.5, 0.6) is 11.6 Å². The zero-order valence-electron chi connectivity index (χ0n) is 11.6. The number of nitrogens with zero attached hydrogens (tertiary/aromatic N) is 1. The predicted molar refractivity (Wildman–Crippen MR) is 75.4 cm³/mol. The Morgan fingerprint density at radius 2 is 1.95 bits per heavy atom. The second-order valence-corrected chi connectivity index (χ2v) is 5.54. The zero-order valence-corrected chi connectivity index (χ0v) is 11.6. The van der Waals surface area contributed by atoms with Gasteiger partial charge in [0.05, 0.1) is 6.61 Å². The monoisotopic (exact) mass is 257 g/mol. The molecule has 0 fully saturated rings. The van der Waals surface area contributed by atoms with Crippen LogP contribution in [0.2, 0.25) is 0 Å². The lowest BCUT2D eigenvalue weighted by molar-refractivity contribution is 0.281. The zero-order chi connectivity index (χ0) is 13.9. The average Bonchev–Trinajstić information content (AvgIpc) is 2.39. The van der Waals surface area contributed by atoms with Crippen LogP contribution in [0.15, 0.2) is 42.6 Å². The summed E-state index contributed by atoms with van der Waals surface area (Å²) >= 11 is 0. The van der Waals surface area contributed by atoms with Crippen molar-refractivity contribution < 1.29 is 9.84 Å². The molecule has 0 saturated carbocycles. The molecule has 19 heavy (non-hydrogen) atoms. The maximum absolute atomic E-state index is 8.96. The van der Waals surface area contributed by atoms with E-state index in [-0.39, 0.29) is 12.0 Å². The molecule has 0 aliphatic rings. The molecule has 0 bridgehead atoms. The molecule has 0 saturated heterocycles. The number of hydrogen-bond donors (Lipinski definition) is 1. The van der Waals surface area contributed by atoms with Crippen LogP contribution in [0.25, 0.3) is 0 Å². The van der Waals surface area contributed by atoms with Gasteiger partial charge in [-0.15, -0.1) is 0 Å². The van der Waals surface area contributed by atoms with Crippen molar-refractivity contribution in [3.05, 3.63) is 53.7 Å². The van der Waals surface area contributed by atoms with E-state index in [9.17, 15) is 0 Å². The van der Waals surface area contributed by atoms with Gasteiger partial charge < -0.3 is 9.84 Å². The van der Waals surface area contributed by atoms with E-state index in [1.54, 1.807) is 18.3 Å². The number of hydrogen-bond acceptors (Lipinski definition) is 3. The molecule has 0 atom stereocenters. The minimum absolute atomic E-state index is 0.00715. The van der Waals surface area contributed by atoms with Crippen LogP contribution >= 0.6 is 0 Å². The molecule has 0 spiro atoms. The predicted octanol–water partition coefficient (Wildman–Crippen LogP) is 3.66. The van der Waals surface area contributed by atoms with Crippen LogP contribution in [0.4, 0.5) is 0 Å². The summed E-state index contributed by atoms with van der Waals surface area (Å²) in [4.78, 5) is 4.15. The number of aliphatic hydroxyl groups excluding tert-OH is 1. The van der Waals surface area contributed by atoms with Gasteiger partial charge >= 0.3 is 0 Å². The highest BCUT2D eigenvalue weighted by molar-refractivity contribution is 5.35. The van der Waals surface area contributed by atoms with Gasteiger partial charge in [0.2, 0.25) is 5.88 Å². The Labute approximate surface area is 113 Å². The van der Waals surface area contributed by atoms with E-state index in [0.29, 0.717) is 5.88 Å². The standard InChI is InChI=1S/C16H19NO2/c1-16(2,3)13-5-4-6-14(9-13)19-15-8-7-12(11-18)10-17-15/h4-10,18H,11H2,1-3H3. The first-order chi connectivity index (χ1) is 8.99. The fourth-order valence-electron chi connectivity index (χ4n) is 1.71. The maximum atomic E-state index is 8.96. The molecule has 1 N–H and O–H groups in total. The van der Waals surface area contributed by atoms with Gasteiger partial charge in [0.15, 0.2) is 0 Å². The van der Waals surface area contributed by atoms with Gasteiger partial charge in [0.1, 0.15) is 5.75 Å². The van der Waals surface area contributed by atoms with E-state index in [0.717, 1.165) is 11.3 Å². The molecular formula is C16H19NO2. The second-order valence-electron chi connectivity index (χ2n) is 5.54. The topological polar surface area (TPSA) is 42.4 Å². The molecule has 1 aromatic heterocycles. The number of rotatable bonds is 3. The van der Waals surface area contributed by atoms with Crippen molar-refractivity contribution in [3.63, 3.8) is 0 Å². The Balaban J connectivity index is 2.18. The number of ether oxygens (including phenoxy) is 1. The molecule has 2 aromatic rings. The molecule has 3 nitrogen and oxygen atoms in total. The van der Waals surface area contributed by atoms with E-state index in [2.05, 4.69) is 31.8 Å². The highest BCUT2D eigenvalue weighted by Gasteiger charge is 2.14. The smallest absolute Gasteiger partial charge is 0.219 e. The Hall–Kier alpha value is -1.87. The molecule has 2 rings (SSSR count). The number of benzene rings is 1. The third-order valence-corrected chi connectivity index (χ3v) is 2.90. The number of pyridine rings is 1. The first-order valence-corrected chi connectivity index (χ1v) is 6.33. The molecule has 0 unspecified atom stereocenters. The highest BCUT2D eigenvalue weighted by atomic mass is 16.5. The van der Waals surface area contributed by atoms with Crippen LogP contribution in [0.3, 0.4) is 0 Å². The minimum atomic E-state index is -0.00715. The molecule has 100 valence electrons. The molecule has 0 aliphatic heterocycles. The van der Waals surface area contributed by atoms with E-state index < -0.39 is 0 Å². The van der Waals surface area contributed by atoms with E-state index in [4.69, 9.17) is 9.84 Å². The van der Waals surface area contributed by atoms with Gasteiger partial charge in [-0.05, 0) is 34.7 Å². The fraction of sp³-hybridized carbons (Fsp3) is 0.312. The Kier molecular flexibility index (Phi) is 3.86. The second kappa shape index (κ2) is 5.41. The summed E-state index contributed by atoms with van der Waals surface area (Å²) in [5.41, 5.74) is 2.08. The molecule has 1 heterocycles. The summed E-state index contributed by atoms with van der Waals surface area (Å²) in [7, 11) is 0. The molecule has 0 amide bonds. The van der Waals surface area contributed by atoms with Gasteiger partial charge in [0.25, 0.3) is 0 Å². The summed E-state index contributed by atoms with van der Waals surface area (Å²) in [6.45, 7) is 6.49. The largest absolute Gasteiger partial charge is 0.439 e. The van der Waals surface area contributed by atoms with Crippen molar-refractivity contribution in [2.75, 3.05) is 0 Å². The molecule has 1 aromatic carbocycles. The van der Waals surface area contributed by atoms with Crippen LogP contribution < -0.4 is 4.74 Å². The maximum Gasteiger partial charge on any atom is 0.219 e. The average molecular weight is 257 g/mol. The van der Waals surface area contributed by atoms with E-state index >= 15 is 0 Å². The normalized spacial score (nSPS) is 11.4. The summed E-state index contributed by atoms with van der Waals surface area (Å²) in [6, 6.07) is 11.6. The van der Waals surface area contributed by atoms with E-state index in [1.807, 2.05) is 18.2 Å². The minimum Gasteiger partial charge on any atom is -0.439 e. The lowest BCUT2D eigenvalue weighted by Gasteiger charge is -2.19. The van der Waals surface area contributed by atoms with Crippen LogP contribution in [0.1, 0.15) is 31.9 Å². The number of aromatic nitrogens is 1. The Morgan fingerprint density at radius 1 is 1.16 bits per heavy atom. The number of aliphatic hydroxyl groups is 1. The third-order valence-electron chi connectivity index (χ3n) is 2.90. The van der Waals surface area contributed by atoms with Gasteiger partial charge in [-0.25, -0.2) is 4.98 Å². The van der Waals surface area contributed by atoms with Crippen molar-refractivity contribution in [2.45, 2.75) is 32.8 Å². The lowest BCUT2D eigenvalue weighted by atomic mass is 9.87. The molecular weight excluding hydrogens is 238 g/mol. The van der Waals surface area contributed by atoms with Gasteiger partial charge in [-0.1, -0.05) is 32.9 Å². The lowest BCUT2D eigenvalue weighted by Crippen LogP contribution is -2.10. The third kappa shape index (κ3) is 3.55. The molecule has 0 radical (unpaired) electrons. The van der Waals surface area contributed by atoms with E-state index in [1.165, 1.54) is 5.56 Å². The first-order valence-electron chi connectivity index (χ1n) is 6.33. The van der Waals surface area contributed by atoms with Crippen molar-refractivity contribution >= 4 is 0 Å². The van der Waals surface area contributed by atoms with Gasteiger partial charge in [0, 0.05) is 12.3 Å². The first kappa shape index (κ1) is 13.6. The summed E-state index contributed by atoms with van der Waals surface area (Å²) in [5.74, 6) is 1.31. The summed E-state index contributed by atoms with van der Waals surface area (Å²) in [6.07, 6.45) is 1.61. The van der Waals surface area contributed by atoms with Crippen LogP contribution in [0, 0.1) is 0 Å². The van der Waals surface area contributed by atoms with Crippen molar-refractivity contribution in [2.24, 2.45) is 0 Å². The van der Waals surface area contributed by atoms with Crippen molar-refractivity contribution in [1.82, 2.24) is 4.98 Å². The van der Waals surface area contributed by atoms with Crippen LogP contribution in [-0.2, 0) is 12.0 Å². The highest BCUT2D eigenvalue weighted by Crippen LogP contribution is 2.27. The Bertz CT molecular complexity index is 541. The fourth-order valence-corrected chi connectivity index (χ4v) is 1.71. The summed E-state index contributed by atoms with van der Waals surface area (Å²) < 4.78 is 5.72. The van der Waals surface area contributed by atoms with Gasteiger partial charge in [-0.3, -0.25) is 0 Å². The summed E-state index contributed by atoms with van der Waals surface area (Å²) in [5, 5.41) is 8.96. The Morgan fingerprint density at radius 3 is 2.53 bits per heavy atom. The van der Waals surface area contributed by atoms with Gasteiger partial charge in [-0.2, -0.15) is 0 Å². The van der Waals surface area contributed by atoms with Crippen LogP contribution in [-0.4, -0.2) is 10.1 Å². The molecule has 0 aliphatic carbocycles. The quantitative estimate of drug-likeness (QED) is 0.912. The van der Waals surface area contributed by atoms with Crippen molar-refractivity contribution in [1.29, 1.82) is 0 Å².